The van der Waals surface area contributed by atoms with E-state index in [1.807, 2.05) is 30.3 Å². The van der Waals surface area contributed by atoms with Gasteiger partial charge in [0, 0.05) is 5.56 Å². The number of nitrogens with zero attached hydrogens (tertiary/aromatic N) is 1. The highest BCUT2D eigenvalue weighted by atomic mass is 16.7. The zero-order valence-corrected chi connectivity index (χ0v) is 12.6. The maximum absolute atomic E-state index is 12.1. The molecule has 1 aliphatic heterocycles. The number of carbonyl (C=O) groups excluding carboxylic acids is 1. The number of carbonyl (C=O) groups is 1. The van der Waals surface area contributed by atoms with E-state index in [-0.39, 0.29) is 13.4 Å². The molecule has 0 unspecified atom stereocenters. The molecule has 0 amide bonds. The Hall–Kier alpha value is -3.28. The van der Waals surface area contributed by atoms with E-state index in [0.29, 0.717) is 28.7 Å². The van der Waals surface area contributed by atoms with Gasteiger partial charge in [-0.05, 0) is 18.2 Å². The van der Waals surface area contributed by atoms with Crippen LogP contribution in [-0.4, -0.2) is 17.7 Å². The number of hydrogen-bond donors (Lipinski definition) is 0. The van der Waals surface area contributed by atoms with Gasteiger partial charge in [0.2, 0.25) is 12.7 Å². The minimum Gasteiger partial charge on any atom is -0.454 e. The van der Waals surface area contributed by atoms with Crippen molar-refractivity contribution in [2.45, 2.75) is 6.61 Å². The lowest BCUT2D eigenvalue weighted by molar-refractivity contribution is 0.0438. The van der Waals surface area contributed by atoms with Gasteiger partial charge in [0.1, 0.15) is 0 Å². The molecule has 3 aromatic rings. The summed E-state index contributed by atoms with van der Waals surface area (Å²) in [6.07, 6.45) is 1.61. The molecule has 0 N–H and O–H groups in total. The fourth-order valence-corrected chi connectivity index (χ4v) is 2.35. The first-order valence-electron chi connectivity index (χ1n) is 7.36. The van der Waals surface area contributed by atoms with E-state index >= 15 is 0 Å². The van der Waals surface area contributed by atoms with E-state index in [0.717, 1.165) is 5.56 Å². The zero-order valence-electron chi connectivity index (χ0n) is 12.6. The smallest absolute Gasteiger partial charge is 0.338 e. The van der Waals surface area contributed by atoms with Crippen LogP contribution in [0.3, 0.4) is 0 Å². The lowest BCUT2D eigenvalue weighted by atomic mass is 10.2. The van der Waals surface area contributed by atoms with Crippen molar-refractivity contribution in [3.8, 4) is 22.8 Å². The highest BCUT2D eigenvalue weighted by Crippen LogP contribution is 2.32. The summed E-state index contributed by atoms with van der Waals surface area (Å²) in [5.41, 5.74) is 1.30. The molecule has 1 aromatic heterocycles. The Morgan fingerprint density at radius 2 is 1.92 bits per heavy atom. The lowest BCUT2D eigenvalue weighted by Gasteiger charge is -2.03. The van der Waals surface area contributed by atoms with Gasteiger partial charge < -0.3 is 18.6 Å². The Morgan fingerprint density at radius 1 is 1.08 bits per heavy atom. The summed E-state index contributed by atoms with van der Waals surface area (Å²) in [6, 6.07) is 14.5. The van der Waals surface area contributed by atoms with Crippen molar-refractivity contribution < 1.29 is 23.4 Å². The first-order chi connectivity index (χ1) is 11.8. The number of fused-ring (bicyclic) bond motifs is 1. The van der Waals surface area contributed by atoms with Crippen molar-refractivity contribution >= 4 is 5.97 Å². The summed E-state index contributed by atoms with van der Waals surface area (Å²) in [5.74, 6) is 1.64. The number of benzene rings is 2. The largest absolute Gasteiger partial charge is 0.454 e. The Bertz CT molecular complexity index is 872. The molecule has 4 rings (SSSR count). The number of ether oxygens (including phenoxy) is 3. The highest BCUT2D eigenvalue weighted by molar-refractivity contribution is 5.90. The molecule has 120 valence electrons. The topological polar surface area (TPSA) is 70.8 Å². The third kappa shape index (κ3) is 2.81. The third-order valence-electron chi connectivity index (χ3n) is 3.55. The van der Waals surface area contributed by atoms with Gasteiger partial charge in [0.25, 0.3) is 0 Å². The van der Waals surface area contributed by atoms with Crippen molar-refractivity contribution in [1.82, 2.24) is 4.98 Å². The highest BCUT2D eigenvalue weighted by Gasteiger charge is 2.17. The molecule has 2 heterocycles. The molecular weight excluding hydrogens is 310 g/mol. The molecule has 0 saturated carbocycles. The van der Waals surface area contributed by atoms with Crippen LogP contribution in [0.25, 0.3) is 11.3 Å². The second kappa shape index (κ2) is 6.08. The third-order valence-corrected chi connectivity index (χ3v) is 3.55. The molecule has 0 fully saturated rings. The van der Waals surface area contributed by atoms with Gasteiger partial charge in [0.15, 0.2) is 23.9 Å². The maximum atomic E-state index is 12.1. The van der Waals surface area contributed by atoms with Gasteiger partial charge in [-0.25, -0.2) is 9.78 Å². The van der Waals surface area contributed by atoms with Gasteiger partial charge >= 0.3 is 5.97 Å². The van der Waals surface area contributed by atoms with Crippen LogP contribution in [0.2, 0.25) is 0 Å². The number of oxazole rings is 1. The Balaban J connectivity index is 1.42. The summed E-state index contributed by atoms with van der Waals surface area (Å²) >= 11 is 0. The number of rotatable bonds is 4. The first kappa shape index (κ1) is 14.3. The molecule has 0 saturated heterocycles. The van der Waals surface area contributed by atoms with Crippen molar-refractivity contribution in [3.05, 3.63) is 66.2 Å². The average Bonchev–Trinajstić information content (AvgIpc) is 3.29. The quantitative estimate of drug-likeness (QED) is 0.685. The Kier molecular flexibility index (Phi) is 3.63. The van der Waals surface area contributed by atoms with Crippen molar-refractivity contribution in [2.24, 2.45) is 0 Å². The predicted molar refractivity (Wildman–Crippen MR) is 83.6 cm³/mol. The van der Waals surface area contributed by atoms with Crippen LogP contribution in [-0.2, 0) is 11.3 Å². The fraction of sp³-hybridized carbons (Fsp3) is 0.111. The van der Waals surface area contributed by atoms with E-state index in [4.69, 9.17) is 18.6 Å². The number of esters is 1. The van der Waals surface area contributed by atoms with Crippen LogP contribution >= 0.6 is 0 Å². The van der Waals surface area contributed by atoms with Crippen molar-refractivity contribution in [2.75, 3.05) is 6.79 Å². The maximum Gasteiger partial charge on any atom is 0.338 e. The van der Waals surface area contributed by atoms with Crippen LogP contribution < -0.4 is 9.47 Å². The molecule has 0 atom stereocenters. The van der Waals surface area contributed by atoms with Crippen LogP contribution in [0.15, 0.2) is 59.1 Å². The van der Waals surface area contributed by atoms with Crippen molar-refractivity contribution in [1.29, 1.82) is 0 Å². The zero-order chi connectivity index (χ0) is 16.4. The Labute approximate surface area is 137 Å². The molecule has 6 heteroatoms. The summed E-state index contributed by atoms with van der Waals surface area (Å²) in [4.78, 5) is 16.2. The fourth-order valence-electron chi connectivity index (χ4n) is 2.35. The second-order valence-corrected chi connectivity index (χ2v) is 5.13. The minimum absolute atomic E-state index is 0.0416. The summed E-state index contributed by atoms with van der Waals surface area (Å²) in [6.45, 7) is 0.118. The molecule has 6 nitrogen and oxygen atoms in total. The van der Waals surface area contributed by atoms with Gasteiger partial charge in [-0.15, -0.1) is 0 Å². The van der Waals surface area contributed by atoms with Crippen molar-refractivity contribution in [3.63, 3.8) is 0 Å². The van der Waals surface area contributed by atoms with Crippen LogP contribution in [0.5, 0.6) is 11.5 Å². The molecule has 0 radical (unpaired) electrons. The Morgan fingerprint density at radius 3 is 2.79 bits per heavy atom. The lowest BCUT2D eigenvalue weighted by Crippen LogP contribution is -2.05. The number of hydrogen-bond acceptors (Lipinski definition) is 6. The van der Waals surface area contributed by atoms with Crippen LogP contribution in [0.4, 0.5) is 0 Å². The van der Waals surface area contributed by atoms with E-state index in [9.17, 15) is 4.79 Å². The standard InChI is InChI=1S/C18H13NO5/c20-18(13-6-7-14-15(8-13)23-11-22-14)21-10-17-19-9-16(24-17)12-4-2-1-3-5-12/h1-9H,10-11H2. The first-order valence-corrected chi connectivity index (χ1v) is 7.36. The molecule has 0 aliphatic carbocycles. The van der Waals surface area contributed by atoms with Gasteiger partial charge in [0.05, 0.1) is 11.8 Å². The average molecular weight is 323 g/mol. The minimum atomic E-state index is -0.479. The molecule has 1 aliphatic rings. The second-order valence-electron chi connectivity index (χ2n) is 5.13. The van der Waals surface area contributed by atoms with Gasteiger partial charge in [-0.2, -0.15) is 0 Å². The van der Waals surface area contributed by atoms with E-state index < -0.39 is 5.97 Å². The SMILES string of the molecule is O=C(OCc1ncc(-c2ccccc2)o1)c1ccc2c(c1)OCO2. The molecule has 24 heavy (non-hydrogen) atoms. The summed E-state index contributed by atoms with van der Waals surface area (Å²) in [7, 11) is 0. The van der Waals surface area contributed by atoms with Crippen LogP contribution in [0, 0.1) is 0 Å². The van der Waals surface area contributed by atoms with Gasteiger partial charge in [-0.1, -0.05) is 30.3 Å². The summed E-state index contributed by atoms with van der Waals surface area (Å²) in [5, 5.41) is 0. The monoisotopic (exact) mass is 323 g/mol. The van der Waals surface area contributed by atoms with Crippen LogP contribution in [0.1, 0.15) is 16.2 Å². The molecule has 2 aromatic carbocycles. The normalized spacial score (nSPS) is 12.2. The molecular formula is C18H13NO5. The molecule has 0 bridgehead atoms. The van der Waals surface area contributed by atoms with E-state index in [1.165, 1.54) is 0 Å². The predicted octanol–water partition coefficient (Wildman–Crippen LogP) is 3.43. The molecule has 0 spiro atoms. The van der Waals surface area contributed by atoms with E-state index in [1.54, 1.807) is 24.4 Å². The van der Waals surface area contributed by atoms with E-state index in [2.05, 4.69) is 4.98 Å². The number of aromatic nitrogens is 1. The van der Waals surface area contributed by atoms with Gasteiger partial charge in [-0.3, -0.25) is 0 Å². The summed E-state index contributed by atoms with van der Waals surface area (Å²) < 4.78 is 21.3.